The highest BCUT2D eigenvalue weighted by atomic mass is 19.3. The van der Waals surface area contributed by atoms with Crippen LogP contribution in [0.5, 0.6) is 0 Å². The number of carbonyl (C=O) groups excluding carboxylic acids is 1. The number of alkyl halides is 2. The molecule has 0 bridgehead atoms. The molecular formula is C25H28F3N5O2. The summed E-state index contributed by atoms with van der Waals surface area (Å²) in [6.45, 7) is 5.80. The zero-order valence-electron chi connectivity index (χ0n) is 19.9. The lowest BCUT2D eigenvalue weighted by Gasteiger charge is -2.20. The second kappa shape index (κ2) is 8.80. The number of carbonyl (C=O) groups is 1. The van der Waals surface area contributed by atoms with Crippen LogP contribution in [0.4, 0.5) is 18.9 Å². The maximum atomic E-state index is 14.7. The molecule has 0 saturated heterocycles. The SMILES string of the molecule is Cc1cc(F)ccc1NC(=O)[C@@H]1CC(F)(F)C[C@H]1c1nnc(-c2cc(CC(C)C)on2)n1C1CC1. The minimum atomic E-state index is -3.01. The Morgan fingerprint density at radius 2 is 2.00 bits per heavy atom. The van der Waals surface area contributed by atoms with Crippen LogP contribution in [-0.2, 0) is 11.2 Å². The number of nitrogens with one attached hydrogen (secondary N) is 1. The molecule has 1 N–H and O–H groups in total. The van der Waals surface area contributed by atoms with Gasteiger partial charge in [0.1, 0.15) is 17.4 Å². The molecule has 1 amide bonds. The Morgan fingerprint density at radius 3 is 2.69 bits per heavy atom. The third-order valence-electron chi connectivity index (χ3n) is 6.67. The number of nitrogens with zero attached hydrogens (tertiary/aromatic N) is 4. The third kappa shape index (κ3) is 4.83. The van der Waals surface area contributed by atoms with E-state index in [9.17, 15) is 18.0 Å². The van der Waals surface area contributed by atoms with Crippen LogP contribution in [0.3, 0.4) is 0 Å². The van der Waals surface area contributed by atoms with E-state index in [1.54, 1.807) is 6.92 Å². The summed E-state index contributed by atoms with van der Waals surface area (Å²) in [6, 6.07) is 5.85. The van der Waals surface area contributed by atoms with Crippen molar-refractivity contribution in [1.29, 1.82) is 0 Å². The number of aryl methyl sites for hydroxylation is 1. The fourth-order valence-corrected chi connectivity index (χ4v) is 4.89. The summed E-state index contributed by atoms with van der Waals surface area (Å²) < 4.78 is 50.1. The van der Waals surface area contributed by atoms with E-state index in [0.717, 1.165) is 25.0 Å². The van der Waals surface area contributed by atoms with Gasteiger partial charge < -0.3 is 14.4 Å². The van der Waals surface area contributed by atoms with Gasteiger partial charge in [-0.1, -0.05) is 19.0 Å². The quantitative estimate of drug-likeness (QED) is 0.463. The van der Waals surface area contributed by atoms with E-state index in [0.29, 0.717) is 34.5 Å². The summed E-state index contributed by atoms with van der Waals surface area (Å²) in [6.07, 6.45) is 1.40. The van der Waals surface area contributed by atoms with Crippen LogP contribution in [0.25, 0.3) is 11.5 Å². The van der Waals surface area contributed by atoms with Crippen molar-refractivity contribution < 1.29 is 22.5 Å². The smallest absolute Gasteiger partial charge is 0.249 e. The van der Waals surface area contributed by atoms with Crippen molar-refractivity contribution in [3.8, 4) is 11.5 Å². The van der Waals surface area contributed by atoms with Crippen molar-refractivity contribution in [2.75, 3.05) is 5.32 Å². The molecule has 2 heterocycles. The molecule has 2 aliphatic rings. The monoisotopic (exact) mass is 487 g/mol. The van der Waals surface area contributed by atoms with E-state index in [2.05, 4.69) is 34.5 Å². The van der Waals surface area contributed by atoms with E-state index in [-0.39, 0.29) is 6.04 Å². The molecule has 5 rings (SSSR count). The normalized spacial score (nSPS) is 21.6. The average Bonchev–Trinajstić information content (AvgIpc) is 3.20. The zero-order valence-corrected chi connectivity index (χ0v) is 19.9. The van der Waals surface area contributed by atoms with Crippen molar-refractivity contribution in [3.05, 3.63) is 47.2 Å². The zero-order chi connectivity index (χ0) is 24.9. The molecule has 2 aliphatic carbocycles. The number of hydrogen-bond donors (Lipinski definition) is 1. The van der Waals surface area contributed by atoms with Gasteiger partial charge in [0.25, 0.3) is 0 Å². The Balaban J connectivity index is 1.46. The van der Waals surface area contributed by atoms with Crippen LogP contribution in [0.2, 0.25) is 0 Å². The lowest BCUT2D eigenvalue weighted by Crippen LogP contribution is -2.27. The first-order valence-corrected chi connectivity index (χ1v) is 12.0. The van der Waals surface area contributed by atoms with Gasteiger partial charge in [-0.2, -0.15) is 0 Å². The van der Waals surface area contributed by atoms with Crippen molar-refractivity contribution in [1.82, 2.24) is 19.9 Å². The molecule has 0 aliphatic heterocycles. The van der Waals surface area contributed by atoms with Gasteiger partial charge in [-0.25, -0.2) is 13.2 Å². The highest BCUT2D eigenvalue weighted by Gasteiger charge is 2.52. The molecule has 3 aromatic rings. The van der Waals surface area contributed by atoms with Gasteiger partial charge in [-0.05, 0) is 49.4 Å². The van der Waals surface area contributed by atoms with Crippen molar-refractivity contribution in [2.45, 2.75) is 70.8 Å². The van der Waals surface area contributed by atoms with Crippen molar-refractivity contribution in [2.24, 2.45) is 11.8 Å². The number of hydrogen-bond acceptors (Lipinski definition) is 5. The van der Waals surface area contributed by atoms with Crippen LogP contribution < -0.4 is 5.32 Å². The van der Waals surface area contributed by atoms with Crippen LogP contribution in [0, 0.1) is 24.6 Å². The molecule has 7 nitrogen and oxygen atoms in total. The summed E-state index contributed by atoms with van der Waals surface area (Å²) in [5, 5.41) is 15.5. The molecule has 2 saturated carbocycles. The van der Waals surface area contributed by atoms with E-state index in [1.165, 1.54) is 18.2 Å². The average molecular weight is 488 g/mol. The first kappa shape index (κ1) is 23.6. The van der Waals surface area contributed by atoms with Crippen LogP contribution >= 0.6 is 0 Å². The van der Waals surface area contributed by atoms with Gasteiger partial charge in [0.05, 0.1) is 5.92 Å². The third-order valence-corrected chi connectivity index (χ3v) is 6.67. The Hall–Kier alpha value is -3.17. The Labute approximate surface area is 201 Å². The lowest BCUT2D eigenvalue weighted by molar-refractivity contribution is -0.121. The summed E-state index contributed by atoms with van der Waals surface area (Å²) >= 11 is 0. The highest BCUT2D eigenvalue weighted by Crippen LogP contribution is 2.50. The number of amides is 1. The van der Waals surface area contributed by atoms with Crippen molar-refractivity contribution >= 4 is 11.6 Å². The van der Waals surface area contributed by atoms with E-state index in [4.69, 9.17) is 4.52 Å². The minimum absolute atomic E-state index is 0.0810. The standard InChI is InChI=1S/C25H28F3N5O2/c1-13(2)8-17-10-21(32-35-17)23-31-30-22(33(23)16-5-6-16)18-11-25(27,28)12-19(18)24(34)29-20-7-4-15(26)9-14(20)3/h4,7,9-10,13,16,18-19H,5-6,8,11-12H2,1-3H3,(H,29,34)/t18-,19-/m1/s1. The largest absolute Gasteiger partial charge is 0.361 e. The van der Waals surface area contributed by atoms with Crippen LogP contribution in [0.15, 0.2) is 28.8 Å². The molecule has 10 heteroatoms. The predicted molar refractivity (Wildman–Crippen MR) is 123 cm³/mol. The van der Waals surface area contributed by atoms with E-state index >= 15 is 0 Å². The van der Waals surface area contributed by atoms with Gasteiger partial charge >= 0.3 is 0 Å². The second-order valence-corrected chi connectivity index (χ2v) is 10.2. The van der Waals surface area contributed by atoms with E-state index in [1.807, 2.05) is 10.6 Å². The first-order valence-electron chi connectivity index (χ1n) is 12.0. The molecule has 1 aromatic carbocycles. The fourth-order valence-electron chi connectivity index (χ4n) is 4.89. The molecule has 0 spiro atoms. The number of halogens is 3. The molecular weight excluding hydrogens is 459 g/mol. The highest BCUT2D eigenvalue weighted by molar-refractivity contribution is 5.94. The molecule has 2 aromatic heterocycles. The molecule has 2 fully saturated rings. The topological polar surface area (TPSA) is 85.8 Å². The van der Waals surface area contributed by atoms with Gasteiger partial charge in [-0.15, -0.1) is 10.2 Å². The van der Waals surface area contributed by atoms with Gasteiger partial charge in [0.15, 0.2) is 11.5 Å². The van der Waals surface area contributed by atoms with Gasteiger partial charge in [0.2, 0.25) is 11.8 Å². The fraction of sp³-hybridized carbons (Fsp3) is 0.520. The van der Waals surface area contributed by atoms with E-state index < -0.39 is 42.3 Å². The second-order valence-electron chi connectivity index (χ2n) is 10.2. The Bertz CT molecular complexity index is 1250. The Kier molecular flexibility index (Phi) is 5.93. The molecule has 35 heavy (non-hydrogen) atoms. The number of anilines is 1. The van der Waals surface area contributed by atoms with Crippen LogP contribution in [0.1, 0.15) is 68.6 Å². The van der Waals surface area contributed by atoms with Crippen LogP contribution in [-0.4, -0.2) is 31.8 Å². The maximum Gasteiger partial charge on any atom is 0.249 e. The van der Waals surface area contributed by atoms with Gasteiger partial charge in [-0.3, -0.25) is 4.79 Å². The summed E-state index contributed by atoms with van der Waals surface area (Å²) in [4.78, 5) is 13.2. The summed E-state index contributed by atoms with van der Waals surface area (Å²) in [5.74, 6) is -3.82. The summed E-state index contributed by atoms with van der Waals surface area (Å²) in [5.41, 5.74) is 1.43. The molecule has 2 atom stereocenters. The number of rotatable bonds is 7. The van der Waals surface area contributed by atoms with Crippen molar-refractivity contribution in [3.63, 3.8) is 0 Å². The van der Waals surface area contributed by atoms with Gasteiger partial charge in [0, 0.05) is 43.0 Å². The molecule has 0 radical (unpaired) electrons. The molecule has 186 valence electrons. The lowest BCUT2D eigenvalue weighted by atomic mass is 9.94. The number of benzene rings is 1. The molecule has 0 unspecified atom stereocenters. The minimum Gasteiger partial charge on any atom is -0.361 e. The first-order chi connectivity index (χ1) is 16.6. The number of aromatic nitrogens is 4. The maximum absolute atomic E-state index is 14.7. The Morgan fingerprint density at radius 1 is 1.23 bits per heavy atom. The predicted octanol–water partition coefficient (Wildman–Crippen LogP) is 5.68. The summed E-state index contributed by atoms with van der Waals surface area (Å²) in [7, 11) is 0.